The Morgan fingerprint density at radius 1 is 1.10 bits per heavy atom. The van der Waals surface area contributed by atoms with Crippen molar-refractivity contribution in [3.63, 3.8) is 0 Å². The van der Waals surface area contributed by atoms with E-state index < -0.39 is 75.7 Å². The first kappa shape index (κ1) is 29.5. The summed E-state index contributed by atoms with van der Waals surface area (Å²) in [6.07, 6.45) is 0.811. The number of Topliss-reactive ketones (excluding diaryl/α,β-unsaturated/α-hetero) is 3. The fourth-order valence-electron chi connectivity index (χ4n) is 7.15. The van der Waals surface area contributed by atoms with Crippen molar-refractivity contribution in [1.82, 2.24) is 0 Å². The van der Waals surface area contributed by atoms with E-state index in [1.165, 1.54) is 0 Å². The summed E-state index contributed by atoms with van der Waals surface area (Å²) in [7, 11) is 0. The molecular formula is C31H38O9. The lowest BCUT2D eigenvalue weighted by Gasteiger charge is -2.52. The Bertz CT molecular complexity index is 1390. The van der Waals surface area contributed by atoms with E-state index in [0.29, 0.717) is 17.5 Å². The van der Waals surface area contributed by atoms with Gasteiger partial charge in [-0.2, -0.15) is 0 Å². The van der Waals surface area contributed by atoms with Crippen molar-refractivity contribution in [3.05, 3.63) is 45.2 Å². The number of aryl methyl sites for hydroxylation is 1. The van der Waals surface area contributed by atoms with Crippen LogP contribution in [0.4, 0.5) is 0 Å². The monoisotopic (exact) mass is 554 g/mol. The van der Waals surface area contributed by atoms with Crippen LogP contribution < -0.4 is 0 Å². The van der Waals surface area contributed by atoms with E-state index in [4.69, 9.17) is 0 Å². The first-order valence-electron chi connectivity index (χ1n) is 13.9. The normalized spacial score (nSPS) is 28.3. The fourth-order valence-corrected chi connectivity index (χ4v) is 7.15. The van der Waals surface area contributed by atoms with Gasteiger partial charge in [-0.05, 0) is 34.8 Å². The number of aliphatic hydroxyl groups is 3. The van der Waals surface area contributed by atoms with Crippen LogP contribution in [-0.4, -0.2) is 54.5 Å². The third-order valence-electron chi connectivity index (χ3n) is 9.03. The van der Waals surface area contributed by atoms with Crippen LogP contribution in [-0.2, 0) is 31.0 Å². The van der Waals surface area contributed by atoms with E-state index in [-0.39, 0.29) is 35.5 Å². The number of aliphatic hydroxyl groups excluding tert-OH is 2. The van der Waals surface area contributed by atoms with Gasteiger partial charge in [-0.25, -0.2) is 4.79 Å². The Hall–Kier alpha value is -3.46. The number of hydrogen-bond donors (Lipinski definition) is 5. The Morgan fingerprint density at radius 2 is 1.73 bits per heavy atom. The average Bonchev–Trinajstić information content (AvgIpc) is 2.85. The molecule has 0 bridgehead atoms. The summed E-state index contributed by atoms with van der Waals surface area (Å²) >= 11 is 0. The predicted molar refractivity (Wildman–Crippen MR) is 146 cm³/mol. The molecule has 4 rings (SSSR count). The number of rotatable bonds is 6. The van der Waals surface area contributed by atoms with Crippen LogP contribution >= 0.6 is 0 Å². The molecule has 5 atom stereocenters. The van der Waals surface area contributed by atoms with Crippen LogP contribution in [0.15, 0.2) is 23.0 Å². The molecule has 0 unspecified atom stereocenters. The van der Waals surface area contributed by atoms with Gasteiger partial charge in [-0.1, -0.05) is 54.0 Å². The number of fused-ring (bicyclic) bond motifs is 3. The SMILES string of the molecule is CCCc1cc(C(C)(C)C)c(O)c2c1[C@H](C)[C@@H]1C(=C2O)C(=O)[C@]2(O)C(O)=C(C(=O)O)C(=O)C[C@@H]2[C@H]1CC(=O)CC. The van der Waals surface area contributed by atoms with Crippen molar-refractivity contribution in [2.45, 2.75) is 90.6 Å². The van der Waals surface area contributed by atoms with E-state index in [0.717, 1.165) is 12.0 Å². The number of carbonyl (C=O) groups is 4. The molecule has 1 fully saturated rings. The molecule has 0 amide bonds. The molecule has 40 heavy (non-hydrogen) atoms. The quantitative estimate of drug-likeness (QED) is 0.319. The molecular weight excluding hydrogens is 516 g/mol. The standard InChI is InChI=1S/C31H38O9/c1-7-9-14-10-18(30(4,5)6)25(34)23-20(14)13(3)21-16(11-15(32)8-2)17-12-19(33)22(29(38)39)27(36)31(17,40)28(37)24(21)26(23)35/h10,13,16-17,21,34-36,40H,7-9,11-12H2,1-6H3,(H,38,39)/t13-,16+,17+,21-,31+/m0/s1. The van der Waals surface area contributed by atoms with Crippen LogP contribution in [0.3, 0.4) is 0 Å². The topological polar surface area (TPSA) is 169 Å². The van der Waals surface area contributed by atoms with E-state index in [9.17, 15) is 44.7 Å². The maximum absolute atomic E-state index is 14.1. The number of ketones is 3. The smallest absolute Gasteiger partial charge is 0.342 e. The van der Waals surface area contributed by atoms with Gasteiger partial charge >= 0.3 is 5.97 Å². The third-order valence-corrected chi connectivity index (χ3v) is 9.03. The number of carboxylic acids is 1. The summed E-state index contributed by atoms with van der Waals surface area (Å²) in [5.74, 6) is -9.63. The van der Waals surface area contributed by atoms with Crippen molar-refractivity contribution in [2.24, 2.45) is 17.8 Å². The molecule has 0 aliphatic heterocycles. The second-order valence-electron chi connectivity index (χ2n) is 12.4. The predicted octanol–water partition coefficient (Wildman–Crippen LogP) is 4.43. The Labute approximate surface area is 233 Å². The van der Waals surface area contributed by atoms with E-state index in [2.05, 4.69) is 0 Å². The molecule has 0 radical (unpaired) electrons. The van der Waals surface area contributed by atoms with Gasteiger partial charge in [0.2, 0.25) is 5.78 Å². The lowest BCUT2D eigenvalue weighted by Crippen LogP contribution is -2.62. The Kier molecular flexibility index (Phi) is 7.28. The third kappa shape index (κ3) is 4.08. The number of carboxylic acid groups (broad SMARTS) is 1. The number of aromatic hydroxyl groups is 1. The van der Waals surface area contributed by atoms with Gasteiger partial charge in [0, 0.05) is 42.2 Å². The Balaban J connectivity index is 2.12. The Morgan fingerprint density at radius 3 is 2.25 bits per heavy atom. The van der Waals surface area contributed by atoms with Gasteiger partial charge in [-0.3, -0.25) is 14.4 Å². The lowest BCUT2D eigenvalue weighted by atomic mass is 9.51. The fraction of sp³-hybridized carbons (Fsp3) is 0.548. The number of aliphatic carboxylic acids is 1. The molecule has 216 valence electrons. The number of benzene rings is 1. The second-order valence-corrected chi connectivity index (χ2v) is 12.4. The van der Waals surface area contributed by atoms with Gasteiger partial charge < -0.3 is 25.5 Å². The van der Waals surface area contributed by atoms with Crippen LogP contribution in [0.25, 0.3) is 5.76 Å². The van der Waals surface area contributed by atoms with Crippen LogP contribution in [0.1, 0.15) is 95.4 Å². The maximum atomic E-state index is 14.1. The zero-order valence-corrected chi connectivity index (χ0v) is 23.8. The molecule has 9 nitrogen and oxygen atoms in total. The number of carbonyl (C=O) groups excluding carboxylic acids is 3. The largest absolute Gasteiger partial charge is 0.508 e. The van der Waals surface area contributed by atoms with Gasteiger partial charge in [0.15, 0.2) is 17.1 Å². The minimum atomic E-state index is -2.83. The van der Waals surface area contributed by atoms with E-state index >= 15 is 0 Å². The maximum Gasteiger partial charge on any atom is 0.342 e. The summed E-state index contributed by atoms with van der Waals surface area (Å²) in [4.78, 5) is 51.7. The average molecular weight is 555 g/mol. The summed E-state index contributed by atoms with van der Waals surface area (Å²) in [6, 6.07) is 1.91. The highest BCUT2D eigenvalue weighted by atomic mass is 16.4. The van der Waals surface area contributed by atoms with Crippen molar-refractivity contribution in [2.75, 3.05) is 0 Å². The van der Waals surface area contributed by atoms with Crippen LogP contribution in [0.2, 0.25) is 0 Å². The molecule has 9 heteroatoms. The first-order chi connectivity index (χ1) is 18.5. The zero-order valence-electron chi connectivity index (χ0n) is 23.8. The lowest BCUT2D eigenvalue weighted by molar-refractivity contribution is -0.156. The highest BCUT2D eigenvalue weighted by Gasteiger charge is 2.65. The van der Waals surface area contributed by atoms with E-state index in [1.807, 2.05) is 40.7 Å². The van der Waals surface area contributed by atoms with E-state index in [1.54, 1.807) is 6.92 Å². The molecule has 3 aliphatic rings. The molecule has 0 saturated heterocycles. The summed E-state index contributed by atoms with van der Waals surface area (Å²) in [6.45, 7) is 11.2. The molecule has 1 aromatic carbocycles. The minimum absolute atomic E-state index is 0.0689. The zero-order chi connectivity index (χ0) is 30.1. The molecule has 0 aromatic heterocycles. The summed E-state index contributed by atoms with van der Waals surface area (Å²) in [5, 5.41) is 55.6. The molecule has 3 aliphatic carbocycles. The molecule has 5 N–H and O–H groups in total. The van der Waals surface area contributed by atoms with Gasteiger partial charge in [0.05, 0.1) is 5.56 Å². The first-order valence-corrected chi connectivity index (χ1v) is 13.9. The van der Waals surface area contributed by atoms with Crippen molar-refractivity contribution < 1.29 is 44.7 Å². The van der Waals surface area contributed by atoms with Crippen molar-refractivity contribution in [1.29, 1.82) is 0 Å². The van der Waals surface area contributed by atoms with Crippen LogP contribution in [0.5, 0.6) is 5.75 Å². The highest BCUT2D eigenvalue weighted by Crippen LogP contribution is 2.60. The minimum Gasteiger partial charge on any atom is -0.508 e. The summed E-state index contributed by atoms with van der Waals surface area (Å²) < 4.78 is 0. The number of phenolic OH excluding ortho intramolecular Hbond substituents is 1. The van der Waals surface area contributed by atoms with Gasteiger partial charge in [0.25, 0.3) is 0 Å². The van der Waals surface area contributed by atoms with Crippen molar-refractivity contribution >= 4 is 29.1 Å². The second kappa shape index (κ2) is 9.87. The molecule has 0 heterocycles. The number of phenols is 1. The van der Waals surface area contributed by atoms with Gasteiger partial charge in [-0.15, -0.1) is 0 Å². The molecule has 1 aromatic rings. The molecule has 0 spiro atoms. The number of hydrogen-bond acceptors (Lipinski definition) is 8. The van der Waals surface area contributed by atoms with Gasteiger partial charge in [0.1, 0.15) is 22.9 Å². The highest BCUT2D eigenvalue weighted by molar-refractivity contribution is 6.21. The van der Waals surface area contributed by atoms with Crippen LogP contribution in [0, 0.1) is 17.8 Å². The van der Waals surface area contributed by atoms with Crippen molar-refractivity contribution in [3.8, 4) is 5.75 Å². The summed E-state index contributed by atoms with van der Waals surface area (Å²) in [5.41, 5.74) is -2.57. The molecule has 1 saturated carbocycles.